The first-order chi connectivity index (χ1) is 9.27. The molecule has 0 aliphatic rings. The topological polar surface area (TPSA) is 38.9 Å². The molecule has 94 valence electrons. The van der Waals surface area contributed by atoms with Crippen molar-refractivity contribution in [3.05, 3.63) is 77.9 Å². The summed E-state index contributed by atoms with van der Waals surface area (Å²) in [6.07, 6.45) is 1.71. The van der Waals surface area contributed by atoms with Gasteiger partial charge in [0.15, 0.2) is 0 Å². The molecule has 2 aromatic carbocycles. The summed E-state index contributed by atoms with van der Waals surface area (Å²) in [5.41, 5.74) is 7.34. The lowest BCUT2D eigenvalue weighted by Gasteiger charge is -2.14. The van der Waals surface area contributed by atoms with E-state index < -0.39 is 6.04 Å². The first-order valence-electron chi connectivity index (χ1n) is 6.11. The number of halogens is 1. The third-order valence-corrected chi connectivity index (χ3v) is 3.24. The number of pyridine rings is 1. The van der Waals surface area contributed by atoms with E-state index in [-0.39, 0.29) is 5.82 Å². The summed E-state index contributed by atoms with van der Waals surface area (Å²) in [5, 5.41) is 2.01. The van der Waals surface area contributed by atoms with E-state index in [4.69, 9.17) is 5.73 Å². The standard InChI is InChI=1S/C16H13FN2/c17-14-8-4-3-7-13(14)15(18)16-12-6-2-1-5-11(12)9-10-19-16/h1-10,15H,18H2. The monoisotopic (exact) mass is 252 g/mol. The van der Waals surface area contributed by atoms with Crippen LogP contribution in [0.15, 0.2) is 60.8 Å². The van der Waals surface area contributed by atoms with Crippen LogP contribution in [0, 0.1) is 5.82 Å². The molecule has 0 amide bonds. The molecule has 1 aromatic heterocycles. The van der Waals surface area contributed by atoms with E-state index in [9.17, 15) is 4.39 Å². The van der Waals surface area contributed by atoms with Gasteiger partial charge in [-0.15, -0.1) is 0 Å². The maximum Gasteiger partial charge on any atom is 0.128 e. The predicted octanol–water partition coefficient (Wildman–Crippen LogP) is 3.42. The zero-order valence-electron chi connectivity index (χ0n) is 10.3. The van der Waals surface area contributed by atoms with Crippen LogP contribution in [0.5, 0.6) is 0 Å². The molecule has 19 heavy (non-hydrogen) atoms. The van der Waals surface area contributed by atoms with E-state index in [1.165, 1.54) is 6.07 Å². The van der Waals surface area contributed by atoms with Crippen LogP contribution in [0.1, 0.15) is 17.3 Å². The average Bonchev–Trinajstić information content (AvgIpc) is 2.46. The fraction of sp³-hybridized carbons (Fsp3) is 0.0625. The summed E-state index contributed by atoms with van der Waals surface area (Å²) in [6.45, 7) is 0. The van der Waals surface area contributed by atoms with Crippen LogP contribution in [-0.2, 0) is 0 Å². The van der Waals surface area contributed by atoms with Crippen molar-refractivity contribution in [3.63, 3.8) is 0 Å². The average molecular weight is 252 g/mol. The number of fused-ring (bicyclic) bond motifs is 1. The van der Waals surface area contributed by atoms with Crippen molar-refractivity contribution in [2.24, 2.45) is 5.73 Å². The molecule has 0 radical (unpaired) electrons. The van der Waals surface area contributed by atoms with E-state index in [1.54, 1.807) is 24.4 Å². The Balaban J connectivity index is 2.17. The zero-order valence-corrected chi connectivity index (χ0v) is 10.3. The highest BCUT2D eigenvalue weighted by atomic mass is 19.1. The van der Waals surface area contributed by atoms with E-state index in [0.29, 0.717) is 11.3 Å². The van der Waals surface area contributed by atoms with Crippen molar-refractivity contribution in [3.8, 4) is 0 Å². The van der Waals surface area contributed by atoms with Crippen LogP contribution >= 0.6 is 0 Å². The molecule has 0 aliphatic heterocycles. The van der Waals surface area contributed by atoms with Gasteiger partial charge in [-0.3, -0.25) is 4.98 Å². The van der Waals surface area contributed by atoms with Gasteiger partial charge < -0.3 is 5.73 Å². The van der Waals surface area contributed by atoms with Gasteiger partial charge in [0.25, 0.3) is 0 Å². The first kappa shape index (κ1) is 11.8. The van der Waals surface area contributed by atoms with E-state index in [2.05, 4.69) is 4.98 Å². The Morgan fingerprint density at radius 2 is 1.68 bits per heavy atom. The van der Waals surface area contributed by atoms with Gasteiger partial charge in [0.2, 0.25) is 0 Å². The molecule has 3 rings (SSSR count). The van der Waals surface area contributed by atoms with E-state index >= 15 is 0 Å². The number of rotatable bonds is 2. The van der Waals surface area contributed by atoms with Gasteiger partial charge >= 0.3 is 0 Å². The normalized spacial score (nSPS) is 12.5. The lowest BCUT2D eigenvalue weighted by atomic mass is 9.99. The second kappa shape index (κ2) is 4.78. The van der Waals surface area contributed by atoms with Gasteiger partial charge in [-0.1, -0.05) is 42.5 Å². The maximum atomic E-state index is 13.8. The van der Waals surface area contributed by atoms with Crippen molar-refractivity contribution in [1.82, 2.24) is 4.98 Å². The number of aromatic nitrogens is 1. The van der Waals surface area contributed by atoms with Crippen LogP contribution in [0.25, 0.3) is 10.8 Å². The Kier molecular flexibility index (Phi) is 2.97. The Morgan fingerprint density at radius 3 is 2.53 bits per heavy atom. The molecule has 0 aliphatic carbocycles. The Bertz CT molecular complexity index is 719. The molecule has 2 nitrogen and oxygen atoms in total. The molecule has 0 saturated carbocycles. The van der Waals surface area contributed by atoms with Crippen molar-refractivity contribution in [2.45, 2.75) is 6.04 Å². The van der Waals surface area contributed by atoms with E-state index in [0.717, 1.165) is 10.8 Å². The number of hydrogen-bond acceptors (Lipinski definition) is 2. The van der Waals surface area contributed by atoms with Crippen molar-refractivity contribution in [2.75, 3.05) is 0 Å². The molecule has 1 heterocycles. The molecule has 3 heteroatoms. The molecule has 0 saturated heterocycles. The second-order valence-corrected chi connectivity index (χ2v) is 4.42. The minimum absolute atomic E-state index is 0.301. The highest BCUT2D eigenvalue weighted by Gasteiger charge is 2.16. The van der Waals surface area contributed by atoms with Crippen LogP contribution in [0.2, 0.25) is 0 Å². The summed E-state index contributed by atoms with van der Waals surface area (Å²) in [6, 6.07) is 15.8. The molecule has 2 N–H and O–H groups in total. The molecule has 3 aromatic rings. The molecular formula is C16H13FN2. The summed E-state index contributed by atoms with van der Waals surface area (Å²) in [4.78, 5) is 4.33. The second-order valence-electron chi connectivity index (χ2n) is 4.42. The van der Waals surface area contributed by atoms with Gasteiger partial charge in [0, 0.05) is 17.1 Å². The van der Waals surface area contributed by atoms with Crippen molar-refractivity contribution < 1.29 is 4.39 Å². The Morgan fingerprint density at radius 1 is 0.947 bits per heavy atom. The fourth-order valence-electron chi connectivity index (χ4n) is 2.27. The molecule has 1 unspecified atom stereocenters. The van der Waals surface area contributed by atoms with Gasteiger partial charge in [0.1, 0.15) is 5.82 Å². The first-order valence-corrected chi connectivity index (χ1v) is 6.11. The third-order valence-electron chi connectivity index (χ3n) is 3.24. The van der Waals surface area contributed by atoms with Gasteiger partial charge in [-0.25, -0.2) is 4.39 Å². The minimum atomic E-state index is -0.563. The van der Waals surface area contributed by atoms with Crippen LogP contribution in [0.4, 0.5) is 4.39 Å². The Labute approximate surface area is 110 Å². The summed E-state index contributed by atoms with van der Waals surface area (Å²) in [5.74, 6) is -0.301. The van der Waals surface area contributed by atoms with E-state index in [1.807, 2.05) is 30.3 Å². The van der Waals surface area contributed by atoms with Gasteiger partial charge in [-0.2, -0.15) is 0 Å². The lowest BCUT2D eigenvalue weighted by molar-refractivity contribution is 0.598. The molecule has 1 atom stereocenters. The summed E-state index contributed by atoms with van der Waals surface area (Å²) < 4.78 is 13.8. The number of hydrogen-bond donors (Lipinski definition) is 1. The summed E-state index contributed by atoms with van der Waals surface area (Å²) >= 11 is 0. The van der Waals surface area contributed by atoms with Gasteiger partial charge in [-0.05, 0) is 17.5 Å². The van der Waals surface area contributed by atoms with Crippen LogP contribution in [0.3, 0.4) is 0 Å². The smallest absolute Gasteiger partial charge is 0.128 e. The maximum absolute atomic E-state index is 13.8. The molecule has 0 bridgehead atoms. The highest BCUT2D eigenvalue weighted by Crippen LogP contribution is 2.26. The molecule has 0 fully saturated rings. The number of benzene rings is 2. The minimum Gasteiger partial charge on any atom is -0.319 e. The zero-order chi connectivity index (χ0) is 13.2. The highest BCUT2D eigenvalue weighted by molar-refractivity contribution is 5.85. The Hall–Kier alpha value is -2.26. The predicted molar refractivity (Wildman–Crippen MR) is 74.2 cm³/mol. The molecule has 0 spiro atoms. The van der Waals surface area contributed by atoms with Crippen molar-refractivity contribution in [1.29, 1.82) is 0 Å². The quantitative estimate of drug-likeness (QED) is 0.759. The third kappa shape index (κ3) is 2.09. The number of nitrogens with zero attached hydrogens (tertiary/aromatic N) is 1. The largest absolute Gasteiger partial charge is 0.319 e. The van der Waals surface area contributed by atoms with Crippen molar-refractivity contribution >= 4 is 10.8 Å². The summed E-state index contributed by atoms with van der Waals surface area (Å²) in [7, 11) is 0. The lowest BCUT2D eigenvalue weighted by Crippen LogP contribution is -2.15. The molecular weight excluding hydrogens is 239 g/mol. The van der Waals surface area contributed by atoms with Crippen LogP contribution < -0.4 is 5.73 Å². The number of nitrogens with two attached hydrogens (primary N) is 1. The SMILES string of the molecule is NC(c1ccccc1F)c1nccc2ccccc12. The van der Waals surface area contributed by atoms with Gasteiger partial charge in [0.05, 0.1) is 11.7 Å². The fourth-order valence-corrected chi connectivity index (χ4v) is 2.27. The van der Waals surface area contributed by atoms with Crippen LogP contribution in [-0.4, -0.2) is 4.98 Å².